The van der Waals surface area contributed by atoms with Crippen molar-refractivity contribution in [1.29, 1.82) is 0 Å². The van der Waals surface area contributed by atoms with E-state index >= 15 is 0 Å². The molecule has 1 nitrogen and oxygen atoms in total. The van der Waals surface area contributed by atoms with Gasteiger partial charge in [-0.05, 0) is 40.3 Å². The number of allylic oxidation sites excluding steroid dienone is 2. The summed E-state index contributed by atoms with van der Waals surface area (Å²) in [4.78, 5) is 0. The maximum atomic E-state index is 14.4. The van der Waals surface area contributed by atoms with Crippen LogP contribution in [-0.2, 0) is 0 Å². The van der Waals surface area contributed by atoms with Gasteiger partial charge in [0.25, 0.3) is 0 Å². The number of rotatable bonds is 1. The third-order valence-electron chi connectivity index (χ3n) is 5.50. The van der Waals surface area contributed by atoms with Crippen LogP contribution in [0, 0.1) is 11.7 Å². The van der Waals surface area contributed by atoms with Crippen LogP contribution in [0.2, 0.25) is 0 Å². The molecule has 0 radical (unpaired) electrons. The van der Waals surface area contributed by atoms with Crippen molar-refractivity contribution in [1.82, 2.24) is 0 Å². The number of benzene rings is 3. The summed E-state index contributed by atoms with van der Waals surface area (Å²) >= 11 is 0. The Balaban J connectivity index is 1.70. The molecule has 0 fully saturated rings. The highest BCUT2D eigenvalue weighted by Gasteiger charge is 2.39. The number of hydrogen-bond acceptors (Lipinski definition) is 1. The zero-order chi connectivity index (χ0) is 16.1. The molecule has 0 saturated carbocycles. The summed E-state index contributed by atoms with van der Waals surface area (Å²) in [5, 5.41) is 6.02. The first-order valence-electron chi connectivity index (χ1n) is 8.52. The maximum Gasteiger partial charge on any atom is 0.146 e. The minimum Gasteiger partial charge on any atom is -0.375 e. The van der Waals surface area contributed by atoms with Crippen molar-refractivity contribution in [3.63, 3.8) is 0 Å². The van der Waals surface area contributed by atoms with Crippen LogP contribution in [0.15, 0.2) is 72.8 Å². The summed E-state index contributed by atoms with van der Waals surface area (Å²) in [7, 11) is 0. The van der Waals surface area contributed by atoms with Crippen molar-refractivity contribution >= 4 is 16.5 Å². The zero-order valence-electron chi connectivity index (χ0n) is 13.2. The minimum absolute atomic E-state index is 0.125. The Bertz CT molecular complexity index is 954. The highest BCUT2D eigenvalue weighted by Crippen LogP contribution is 2.51. The quantitative estimate of drug-likeness (QED) is 0.559. The van der Waals surface area contributed by atoms with Gasteiger partial charge in [0.1, 0.15) is 5.82 Å². The highest BCUT2D eigenvalue weighted by molar-refractivity contribution is 5.86. The Hall–Kier alpha value is -2.61. The SMILES string of the molecule is Fc1cccc2c1N[C@@H](c1cccc3ccccc13)[C@H]1CC=C[C@@H]21. The molecule has 3 atom stereocenters. The van der Waals surface area contributed by atoms with E-state index in [2.05, 4.69) is 66.0 Å². The molecule has 1 aliphatic heterocycles. The van der Waals surface area contributed by atoms with Crippen LogP contribution in [0.1, 0.15) is 29.5 Å². The molecule has 0 saturated heterocycles. The van der Waals surface area contributed by atoms with Crippen LogP contribution in [0.3, 0.4) is 0 Å². The first kappa shape index (κ1) is 13.8. The van der Waals surface area contributed by atoms with E-state index in [4.69, 9.17) is 0 Å². The molecule has 1 aliphatic carbocycles. The zero-order valence-corrected chi connectivity index (χ0v) is 13.2. The lowest BCUT2D eigenvalue weighted by atomic mass is 9.76. The van der Waals surface area contributed by atoms with E-state index in [0.717, 1.165) is 12.0 Å². The first-order chi connectivity index (χ1) is 11.8. The molecule has 2 aliphatic rings. The van der Waals surface area contributed by atoms with Gasteiger partial charge in [-0.3, -0.25) is 0 Å². The Labute approximate surface area is 140 Å². The summed E-state index contributed by atoms with van der Waals surface area (Å²) in [5.74, 6) is 0.572. The summed E-state index contributed by atoms with van der Waals surface area (Å²) in [6, 6.07) is 20.4. The highest BCUT2D eigenvalue weighted by atomic mass is 19.1. The number of hydrogen-bond donors (Lipinski definition) is 1. The summed E-state index contributed by atoms with van der Waals surface area (Å²) in [6.07, 6.45) is 5.53. The Kier molecular flexibility index (Phi) is 2.99. The molecular weight excluding hydrogens is 297 g/mol. The molecule has 1 heterocycles. The normalized spacial score (nSPS) is 24.5. The molecule has 3 aromatic carbocycles. The van der Waals surface area contributed by atoms with Gasteiger partial charge in [-0.2, -0.15) is 0 Å². The van der Waals surface area contributed by atoms with E-state index in [1.807, 2.05) is 6.07 Å². The molecule has 3 aromatic rings. The summed E-state index contributed by atoms with van der Waals surface area (Å²) in [6.45, 7) is 0. The van der Waals surface area contributed by atoms with Gasteiger partial charge in [0, 0.05) is 5.92 Å². The Morgan fingerprint density at radius 2 is 1.67 bits per heavy atom. The maximum absolute atomic E-state index is 14.4. The predicted octanol–water partition coefficient (Wildman–Crippen LogP) is 5.81. The fraction of sp³-hybridized carbons (Fsp3) is 0.182. The van der Waals surface area contributed by atoms with Crippen LogP contribution in [0.5, 0.6) is 0 Å². The van der Waals surface area contributed by atoms with E-state index < -0.39 is 0 Å². The first-order valence-corrected chi connectivity index (χ1v) is 8.52. The molecule has 5 rings (SSSR count). The second-order valence-corrected chi connectivity index (χ2v) is 6.75. The van der Waals surface area contributed by atoms with Crippen LogP contribution < -0.4 is 5.32 Å². The van der Waals surface area contributed by atoms with Crippen LogP contribution in [-0.4, -0.2) is 0 Å². The van der Waals surface area contributed by atoms with Crippen molar-refractivity contribution in [2.45, 2.75) is 18.4 Å². The second kappa shape index (κ2) is 5.20. The smallest absolute Gasteiger partial charge is 0.146 e. The Morgan fingerprint density at radius 3 is 2.62 bits per heavy atom. The van der Waals surface area contributed by atoms with Crippen LogP contribution >= 0.6 is 0 Å². The van der Waals surface area contributed by atoms with Gasteiger partial charge in [-0.15, -0.1) is 0 Å². The fourth-order valence-electron chi connectivity index (χ4n) is 4.41. The topological polar surface area (TPSA) is 12.0 Å². The van der Waals surface area contributed by atoms with Gasteiger partial charge in [0.2, 0.25) is 0 Å². The van der Waals surface area contributed by atoms with E-state index in [-0.39, 0.29) is 11.9 Å². The second-order valence-electron chi connectivity index (χ2n) is 6.75. The largest absolute Gasteiger partial charge is 0.375 e. The van der Waals surface area contributed by atoms with Gasteiger partial charge < -0.3 is 5.32 Å². The molecule has 1 N–H and O–H groups in total. The molecule has 0 spiro atoms. The van der Waals surface area contributed by atoms with Gasteiger partial charge in [0.15, 0.2) is 0 Å². The molecule has 118 valence electrons. The van der Waals surface area contributed by atoms with E-state index in [9.17, 15) is 4.39 Å². The van der Waals surface area contributed by atoms with Crippen molar-refractivity contribution in [3.05, 3.63) is 89.8 Å². The number of halogens is 1. The van der Waals surface area contributed by atoms with E-state index in [1.54, 1.807) is 6.07 Å². The molecule has 24 heavy (non-hydrogen) atoms. The van der Waals surface area contributed by atoms with Crippen LogP contribution in [0.4, 0.5) is 10.1 Å². The van der Waals surface area contributed by atoms with Gasteiger partial charge in [0.05, 0.1) is 11.7 Å². The number of anilines is 1. The molecule has 0 unspecified atom stereocenters. The minimum atomic E-state index is -0.156. The van der Waals surface area contributed by atoms with Crippen molar-refractivity contribution in [3.8, 4) is 0 Å². The summed E-state index contributed by atoms with van der Waals surface area (Å²) < 4.78 is 14.4. The average molecular weight is 315 g/mol. The molecular formula is C22H18FN. The lowest BCUT2D eigenvalue weighted by Crippen LogP contribution is -2.29. The average Bonchev–Trinajstić information content (AvgIpc) is 3.11. The van der Waals surface area contributed by atoms with Crippen molar-refractivity contribution in [2.24, 2.45) is 5.92 Å². The Morgan fingerprint density at radius 1 is 0.875 bits per heavy atom. The number of nitrogens with one attached hydrogen (secondary N) is 1. The molecule has 0 aromatic heterocycles. The predicted molar refractivity (Wildman–Crippen MR) is 96.7 cm³/mol. The summed E-state index contributed by atoms with van der Waals surface area (Å²) in [5.41, 5.74) is 3.02. The van der Waals surface area contributed by atoms with E-state index in [0.29, 0.717) is 17.5 Å². The standard InChI is InChI=1S/C22H18FN/c23-20-13-5-12-19-16-9-4-11-18(16)21(24-22(19)20)17-10-3-7-14-6-1-2-8-15(14)17/h1-10,12-13,16,18,21,24H,11H2/t16-,18+,21+/m1/s1. The molecule has 2 heteroatoms. The van der Waals surface area contributed by atoms with Crippen molar-refractivity contribution in [2.75, 3.05) is 5.32 Å². The monoisotopic (exact) mass is 315 g/mol. The fourth-order valence-corrected chi connectivity index (χ4v) is 4.41. The van der Waals surface area contributed by atoms with Gasteiger partial charge in [-0.1, -0.05) is 66.7 Å². The third-order valence-corrected chi connectivity index (χ3v) is 5.50. The van der Waals surface area contributed by atoms with Gasteiger partial charge in [-0.25, -0.2) is 4.39 Å². The number of para-hydroxylation sites is 1. The van der Waals surface area contributed by atoms with Crippen molar-refractivity contribution < 1.29 is 4.39 Å². The number of fused-ring (bicyclic) bond motifs is 4. The van der Waals surface area contributed by atoms with Crippen LogP contribution in [0.25, 0.3) is 10.8 Å². The van der Waals surface area contributed by atoms with Gasteiger partial charge >= 0.3 is 0 Å². The van der Waals surface area contributed by atoms with E-state index in [1.165, 1.54) is 16.3 Å². The molecule has 0 amide bonds. The third kappa shape index (κ3) is 1.92. The molecule has 0 bridgehead atoms. The lowest BCUT2D eigenvalue weighted by molar-refractivity contribution is 0.422. The lowest BCUT2D eigenvalue weighted by Gasteiger charge is -2.38.